The van der Waals surface area contributed by atoms with Crippen LogP contribution in [0.1, 0.15) is 38.5 Å². The molecule has 14 heavy (non-hydrogen) atoms. The Morgan fingerprint density at radius 2 is 1.57 bits per heavy atom. The van der Waals surface area contributed by atoms with E-state index in [-0.39, 0.29) is 5.79 Å². The maximum absolute atomic E-state index is 11.1. The van der Waals surface area contributed by atoms with Crippen molar-refractivity contribution in [1.82, 2.24) is 0 Å². The second-order valence-corrected chi connectivity index (χ2v) is 5.00. The van der Waals surface area contributed by atoms with E-state index in [0.29, 0.717) is 11.2 Å². The SMILES string of the molecule is O=C1CCC2(CC1)CC1(C2)OCCO1. The first-order chi connectivity index (χ1) is 6.72. The van der Waals surface area contributed by atoms with Gasteiger partial charge in [0.25, 0.3) is 0 Å². The van der Waals surface area contributed by atoms with Gasteiger partial charge in [-0.25, -0.2) is 0 Å². The Morgan fingerprint density at radius 1 is 1.00 bits per heavy atom. The van der Waals surface area contributed by atoms with Crippen LogP contribution in [-0.2, 0) is 14.3 Å². The molecule has 3 rings (SSSR count). The van der Waals surface area contributed by atoms with Crippen molar-refractivity contribution in [3.63, 3.8) is 0 Å². The van der Waals surface area contributed by atoms with Crippen LogP contribution in [0.3, 0.4) is 0 Å². The van der Waals surface area contributed by atoms with E-state index in [1.807, 2.05) is 0 Å². The van der Waals surface area contributed by atoms with Crippen molar-refractivity contribution >= 4 is 5.78 Å². The molecule has 1 aliphatic heterocycles. The third-order valence-corrected chi connectivity index (χ3v) is 3.97. The molecule has 0 aromatic carbocycles. The third-order valence-electron chi connectivity index (χ3n) is 3.97. The minimum absolute atomic E-state index is 0.236. The first-order valence-corrected chi connectivity index (χ1v) is 5.52. The van der Waals surface area contributed by atoms with Crippen LogP contribution < -0.4 is 0 Å². The molecule has 2 aliphatic carbocycles. The second kappa shape index (κ2) is 2.80. The Balaban J connectivity index is 1.64. The fraction of sp³-hybridized carbons (Fsp3) is 0.909. The molecule has 1 heterocycles. The monoisotopic (exact) mass is 196 g/mol. The van der Waals surface area contributed by atoms with Gasteiger partial charge in [0.1, 0.15) is 5.78 Å². The van der Waals surface area contributed by atoms with E-state index in [2.05, 4.69) is 0 Å². The summed E-state index contributed by atoms with van der Waals surface area (Å²) in [4.78, 5) is 11.1. The van der Waals surface area contributed by atoms with Crippen LogP contribution in [0.5, 0.6) is 0 Å². The van der Waals surface area contributed by atoms with Gasteiger partial charge in [0.2, 0.25) is 0 Å². The molecule has 0 radical (unpaired) electrons. The predicted octanol–water partition coefficient (Wildman–Crippen LogP) is 1.65. The highest BCUT2D eigenvalue weighted by Gasteiger charge is 2.58. The summed E-state index contributed by atoms with van der Waals surface area (Å²) in [5, 5.41) is 0. The lowest BCUT2D eigenvalue weighted by molar-refractivity contribution is -0.267. The Bertz CT molecular complexity index is 246. The topological polar surface area (TPSA) is 35.5 Å². The summed E-state index contributed by atoms with van der Waals surface area (Å²) in [7, 11) is 0. The van der Waals surface area contributed by atoms with E-state index in [1.165, 1.54) is 0 Å². The molecule has 3 heteroatoms. The van der Waals surface area contributed by atoms with Gasteiger partial charge in [-0.05, 0) is 18.3 Å². The molecule has 3 fully saturated rings. The molecule has 1 saturated heterocycles. The van der Waals surface area contributed by atoms with Crippen molar-refractivity contribution < 1.29 is 14.3 Å². The summed E-state index contributed by atoms with van der Waals surface area (Å²) in [5.41, 5.74) is 0.387. The maximum Gasteiger partial charge on any atom is 0.169 e. The number of hydrogen-bond acceptors (Lipinski definition) is 3. The molecule has 2 saturated carbocycles. The van der Waals surface area contributed by atoms with Gasteiger partial charge in [0.15, 0.2) is 5.79 Å². The summed E-state index contributed by atoms with van der Waals surface area (Å²) >= 11 is 0. The first kappa shape index (κ1) is 8.86. The van der Waals surface area contributed by atoms with Gasteiger partial charge >= 0.3 is 0 Å². The Labute approximate surface area is 83.8 Å². The molecular weight excluding hydrogens is 180 g/mol. The lowest BCUT2D eigenvalue weighted by Gasteiger charge is -2.54. The lowest BCUT2D eigenvalue weighted by atomic mass is 9.57. The molecule has 78 valence electrons. The van der Waals surface area contributed by atoms with Gasteiger partial charge < -0.3 is 9.47 Å². The highest BCUT2D eigenvalue weighted by molar-refractivity contribution is 5.79. The van der Waals surface area contributed by atoms with Crippen LogP contribution in [0.25, 0.3) is 0 Å². The van der Waals surface area contributed by atoms with Crippen molar-refractivity contribution in [2.24, 2.45) is 5.41 Å². The molecule has 0 amide bonds. The number of hydrogen-bond donors (Lipinski definition) is 0. The zero-order chi connectivity index (χ0) is 9.65. The molecule has 3 nitrogen and oxygen atoms in total. The van der Waals surface area contributed by atoms with Gasteiger partial charge in [0.05, 0.1) is 13.2 Å². The van der Waals surface area contributed by atoms with Gasteiger partial charge in [-0.15, -0.1) is 0 Å². The van der Waals surface area contributed by atoms with Crippen LogP contribution in [0, 0.1) is 5.41 Å². The number of rotatable bonds is 0. The summed E-state index contributed by atoms with van der Waals surface area (Å²) in [6.07, 6.45) is 5.70. The van der Waals surface area contributed by atoms with Crippen molar-refractivity contribution in [2.45, 2.75) is 44.3 Å². The van der Waals surface area contributed by atoms with Crippen molar-refractivity contribution in [2.75, 3.05) is 13.2 Å². The molecule has 0 aromatic heterocycles. The molecule has 0 N–H and O–H groups in total. The largest absolute Gasteiger partial charge is 0.347 e. The minimum atomic E-state index is -0.236. The number of ketones is 1. The van der Waals surface area contributed by atoms with E-state index in [4.69, 9.17) is 9.47 Å². The second-order valence-electron chi connectivity index (χ2n) is 5.00. The van der Waals surface area contributed by atoms with E-state index in [0.717, 1.165) is 51.7 Å². The molecule has 2 spiro atoms. The van der Waals surface area contributed by atoms with Crippen LogP contribution in [0.2, 0.25) is 0 Å². The van der Waals surface area contributed by atoms with Crippen molar-refractivity contribution in [3.8, 4) is 0 Å². The Hall–Kier alpha value is -0.410. The van der Waals surface area contributed by atoms with Crippen LogP contribution in [0.15, 0.2) is 0 Å². The van der Waals surface area contributed by atoms with Gasteiger partial charge in [-0.1, -0.05) is 0 Å². The number of carbonyl (C=O) groups excluding carboxylic acids is 1. The zero-order valence-electron chi connectivity index (χ0n) is 8.38. The Kier molecular flexibility index (Phi) is 1.77. The van der Waals surface area contributed by atoms with E-state index in [1.54, 1.807) is 0 Å². The van der Waals surface area contributed by atoms with E-state index >= 15 is 0 Å². The highest BCUT2D eigenvalue weighted by atomic mass is 16.7. The highest BCUT2D eigenvalue weighted by Crippen LogP contribution is 2.59. The van der Waals surface area contributed by atoms with Gasteiger partial charge in [0, 0.05) is 25.7 Å². The van der Waals surface area contributed by atoms with E-state index < -0.39 is 0 Å². The summed E-state index contributed by atoms with van der Waals surface area (Å²) in [6, 6.07) is 0. The van der Waals surface area contributed by atoms with Gasteiger partial charge in [-0.2, -0.15) is 0 Å². The quantitative estimate of drug-likeness (QED) is 0.591. The number of carbonyl (C=O) groups is 1. The molecule has 0 bridgehead atoms. The summed E-state index contributed by atoms with van der Waals surface area (Å²) < 4.78 is 11.2. The number of Topliss-reactive ketones (excluding diaryl/α,β-unsaturated/α-hetero) is 1. The molecule has 3 aliphatic rings. The van der Waals surface area contributed by atoms with Crippen LogP contribution >= 0.6 is 0 Å². The van der Waals surface area contributed by atoms with Crippen molar-refractivity contribution in [1.29, 1.82) is 0 Å². The molecule has 0 aromatic rings. The number of ether oxygens (including phenoxy) is 2. The van der Waals surface area contributed by atoms with Gasteiger partial charge in [-0.3, -0.25) is 4.79 Å². The average Bonchev–Trinajstić information content (AvgIpc) is 2.58. The Morgan fingerprint density at radius 3 is 2.14 bits per heavy atom. The molecule has 0 atom stereocenters. The van der Waals surface area contributed by atoms with Crippen molar-refractivity contribution in [3.05, 3.63) is 0 Å². The van der Waals surface area contributed by atoms with Crippen LogP contribution in [0.4, 0.5) is 0 Å². The minimum Gasteiger partial charge on any atom is -0.347 e. The normalized spacial score (nSPS) is 33.6. The standard InChI is InChI=1S/C11H16O3/c12-9-1-3-10(4-2-9)7-11(8-10)13-5-6-14-11/h1-8H2. The lowest BCUT2D eigenvalue weighted by Crippen LogP contribution is -2.54. The third kappa shape index (κ3) is 1.22. The summed E-state index contributed by atoms with van der Waals surface area (Å²) in [5.74, 6) is 0.199. The fourth-order valence-electron chi connectivity index (χ4n) is 3.20. The summed E-state index contributed by atoms with van der Waals surface area (Å²) in [6.45, 7) is 1.49. The maximum atomic E-state index is 11.1. The fourth-order valence-corrected chi connectivity index (χ4v) is 3.20. The first-order valence-electron chi connectivity index (χ1n) is 5.52. The average molecular weight is 196 g/mol. The zero-order valence-corrected chi connectivity index (χ0v) is 8.38. The predicted molar refractivity (Wildman–Crippen MR) is 49.8 cm³/mol. The molecule has 0 unspecified atom stereocenters. The molecular formula is C11H16O3. The smallest absolute Gasteiger partial charge is 0.169 e. The van der Waals surface area contributed by atoms with Crippen LogP contribution in [-0.4, -0.2) is 24.8 Å². The van der Waals surface area contributed by atoms with E-state index in [9.17, 15) is 4.79 Å².